The molecule has 1 aromatic carbocycles. The topological polar surface area (TPSA) is 73.3 Å². The molecule has 0 amide bonds. The van der Waals surface area contributed by atoms with Crippen LogP contribution in [0.5, 0.6) is 5.75 Å². The number of allylic oxidation sites excluding steroid dienone is 1. The van der Waals surface area contributed by atoms with Gasteiger partial charge in [0.1, 0.15) is 17.3 Å². The van der Waals surface area contributed by atoms with Crippen LogP contribution in [0, 0.1) is 5.82 Å². The Balaban J connectivity index is 2.15. The lowest BCUT2D eigenvalue weighted by atomic mass is 10.3. The highest BCUT2D eigenvalue weighted by Gasteiger charge is 2.06. The molecule has 0 bridgehead atoms. The van der Waals surface area contributed by atoms with Crippen LogP contribution < -0.4 is 21.5 Å². The van der Waals surface area contributed by atoms with Crippen molar-refractivity contribution >= 4 is 5.69 Å². The van der Waals surface area contributed by atoms with Gasteiger partial charge in [-0.25, -0.2) is 4.39 Å². The van der Waals surface area contributed by atoms with Crippen LogP contribution in [0.3, 0.4) is 0 Å². The molecule has 0 unspecified atom stereocenters. The molecular formula is C11H12FN3O. The fourth-order valence-electron chi connectivity index (χ4n) is 1.31. The Morgan fingerprint density at radius 1 is 1.31 bits per heavy atom. The van der Waals surface area contributed by atoms with E-state index in [1.165, 1.54) is 12.1 Å². The zero-order valence-corrected chi connectivity index (χ0v) is 8.53. The molecule has 1 aromatic rings. The monoisotopic (exact) mass is 221 g/mol. The van der Waals surface area contributed by atoms with Crippen molar-refractivity contribution in [2.24, 2.45) is 5.73 Å². The predicted molar refractivity (Wildman–Crippen MR) is 59.8 cm³/mol. The zero-order chi connectivity index (χ0) is 11.5. The maximum absolute atomic E-state index is 13.1. The summed E-state index contributed by atoms with van der Waals surface area (Å²) >= 11 is 0. The Labute approximate surface area is 92.4 Å². The van der Waals surface area contributed by atoms with Gasteiger partial charge in [0.15, 0.2) is 0 Å². The molecule has 0 aliphatic carbocycles. The minimum atomic E-state index is -0.496. The van der Waals surface area contributed by atoms with E-state index in [2.05, 4.69) is 5.32 Å². The van der Waals surface area contributed by atoms with Crippen molar-refractivity contribution in [1.82, 2.24) is 5.32 Å². The molecule has 0 spiro atoms. The number of benzene rings is 1. The van der Waals surface area contributed by atoms with Crippen LogP contribution in [0.15, 0.2) is 41.9 Å². The first-order valence-corrected chi connectivity index (χ1v) is 4.79. The average molecular weight is 221 g/mol. The maximum Gasteiger partial charge on any atom is 0.149 e. The number of rotatable bonds is 2. The summed E-state index contributed by atoms with van der Waals surface area (Å²) in [5.74, 6) is 1.00. The number of hydrogen-bond donors (Lipinski definition) is 3. The first-order chi connectivity index (χ1) is 7.65. The van der Waals surface area contributed by atoms with Gasteiger partial charge in [0.2, 0.25) is 0 Å². The molecule has 2 rings (SSSR count). The van der Waals surface area contributed by atoms with Crippen molar-refractivity contribution in [3.8, 4) is 5.75 Å². The van der Waals surface area contributed by atoms with E-state index in [4.69, 9.17) is 16.2 Å². The Hall–Kier alpha value is -2.17. The van der Waals surface area contributed by atoms with Gasteiger partial charge in [-0.15, -0.1) is 0 Å². The van der Waals surface area contributed by atoms with Crippen molar-refractivity contribution in [1.29, 1.82) is 0 Å². The molecule has 5 heteroatoms. The van der Waals surface area contributed by atoms with Crippen molar-refractivity contribution in [3.63, 3.8) is 0 Å². The molecule has 0 saturated heterocycles. The van der Waals surface area contributed by atoms with E-state index in [1.54, 1.807) is 12.1 Å². The Morgan fingerprint density at radius 3 is 2.81 bits per heavy atom. The molecule has 0 fully saturated rings. The third-order valence-corrected chi connectivity index (χ3v) is 2.11. The molecular weight excluding hydrogens is 209 g/mol. The standard InChI is InChI=1S/C11H12FN3O/c12-9-5-7(1-2-10(9)13)16-8-3-4-15-11(14)6-8/h1-3,5-6,15H,4,13-14H2. The highest BCUT2D eigenvalue weighted by atomic mass is 19.1. The van der Waals surface area contributed by atoms with E-state index in [0.29, 0.717) is 23.9 Å². The van der Waals surface area contributed by atoms with Crippen LogP contribution in [-0.2, 0) is 0 Å². The molecule has 16 heavy (non-hydrogen) atoms. The second-order valence-corrected chi connectivity index (χ2v) is 3.37. The summed E-state index contributed by atoms with van der Waals surface area (Å²) < 4.78 is 18.6. The van der Waals surface area contributed by atoms with E-state index < -0.39 is 5.82 Å². The summed E-state index contributed by atoms with van der Waals surface area (Å²) in [6.45, 7) is 0.592. The van der Waals surface area contributed by atoms with E-state index in [9.17, 15) is 4.39 Å². The van der Waals surface area contributed by atoms with Crippen LogP contribution >= 0.6 is 0 Å². The summed E-state index contributed by atoms with van der Waals surface area (Å²) in [6.07, 6.45) is 3.45. The number of ether oxygens (including phenoxy) is 1. The Bertz CT molecular complexity index is 468. The van der Waals surface area contributed by atoms with Gasteiger partial charge >= 0.3 is 0 Å². The number of hydrogen-bond acceptors (Lipinski definition) is 4. The van der Waals surface area contributed by atoms with Crippen LogP contribution in [0.1, 0.15) is 0 Å². The summed E-state index contributed by atoms with van der Waals surface area (Å²) in [6, 6.07) is 4.30. The summed E-state index contributed by atoms with van der Waals surface area (Å²) in [5, 5.41) is 2.91. The number of nitrogens with two attached hydrogens (primary N) is 2. The third kappa shape index (κ3) is 2.25. The molecule has 0 saturated carbocycles. The lowest BCUT2D eigenvalue weighted by molar-refractivity contribution is 0.433. The van der Waals surface area contributed by atoms with Crippen LogP contribution in [0.2, 0.25) is 0 Å². The van der Waals surface area contributed by atoms with E-state index in [0.717, 1.165) is 0 Å². The van der Waals surface area contributed by atoms with Crippen molar-refractivity contribution in [3.05, 3.63) is 47.7 Å². The largest absolute Gasteiger partial charge is 0.457 e. The SMILES string of the molecule is NC1=CC(Oc2ccc(N)c(F)c2)=CCN1. The molecule has 0 aromatic heterocycles. The first-order valence-electron chi connectivity index (χ1n) is 4.79. The van der Waals surface area contributed by atoms with Crippen molar-refractivity contribution in [2.45, 2.75) is 0 Å². The molecule has 1 aliphatic heterocycles. The third-order valence-electron chi connectivity index (χ3n) is 2.11. The van der Waals surface area contributed by atoms with Gasteiger partial charge in [-0.2, -0.15) is 0 Å². The second-order valence-electron chi connectivity index (χ2n) is 3.37. The molecule has 1 heterocycles. The van der Waals surface area contributed by atoms with Gasteiger partial charge in [-0.05, 0) is 18.2 Å². The average Bonchev–Trinajstić information content (AvgIpc) is 2.24. The molecule has 0 radical (unpaired) electrons. The van der Waals surface area contributed by atoms with Crippen molar-refractivity contribution in [2.75, 3.05) is 12.3 Å². The number of dihydropyridines is 1. The van der Waals surface area contributed by atoms with Gasteiger partial charge in [-0.1, -0.05) is 0 Å². The Morgan fingerprint density at radius 2 is 2.12 bits per heavy atom. The fraction of sp³-hybridized carbons (Fsp3) is 0.0909. The highest BCUT2D eigenvalue weighted by Crippen LogP contribution is 2.20. The number of halogens is 1. The quantitative estimate of drug-likeness (QED) is 0.653. The van der Waals surface area contributed by atoms with Gasteiger partial charge in [0.25, 0.3) is 0 Å². The lowest BCUT2D eigenvalue weighted by Gasteiger charge is -2.13. The van der Waals surface area contributed by atoms with E-state index in [1.807, 2.05) is 6.08 Å². The van der Waals surface area contributed by atoms with Gasteiger partial charge in [0, 0.05) is 18.7 Å². The maximum atomic E-state index is 13.1. The fourth-order valence-corrected chi connectivity index (χ4v) is 1.31. The normalized spacial score (nSPS) is 14.8. The number of nitrogen functional groups attached to an aromatic ring is 1. The van der Waals surface area contributed by atoms with Crippen LogP contribution in [0.25, 0.3) is 0 Å². The van der Waals surface area contributed by atoms with Crippen molar-refractivity contribution < 1.29 is 9.13 Å². The molecule has 0 atom stereocenters. The molecule has 1 aliphatic rings. The lowest BCUT2D eigenvalue weighted by Crippen LogP contribution is -2.24. The molecule has 5 N–H and O–H groups in total. The molecule has 4 nitrogen and oxygen atoms in total. The number of nitrogens with one attached hydrogen (secondary N) is 1. The van der Waals surface area contributed by atoms with Crippen LogP contribution in [-0.4, -0.2) is 6.54 Å². The van der Waals surface area contributed by atoms with Gasteiger partial charge < -0.3 is 21.5 Å². The van der Waals surface area contributed by atoms with Crippen LogP contribution in [0.4, 0.5) is 10.1 Å². The first kappa shape index (κ1) is 10.4. The summed E-state index contributed by atoms with van der Waals surface area (Å²) in [4.78, 5) is 0. The molecule has 84 valence electrons. The summed E-state index contributed by atoms with van der Waals surface area (Å²) in [7, 11) is 0. The second kappa shape index (κ2) is 4.14. The smallest absolute Gasteiger partial charge is 0.149 e. The van der Waals surface area contributed by atoms with E-state index >= 15 is 0 Å². The van der Waals surface area contributed by atoms with Gasteiger partial charge in [0.05, 0.1) is 11.5 Å². The zero-order valence-electron chi connectivity index (χ0n) is 8.53. The minimum absolute atomic E-state index is 0.0988. The minimum Gasteiger partial charge on any atom is -0.457 e. The number of anilines is 1. The van der Waals surface area contributed by atoms with Gasteiger partial charge in [-0.3, -0.25) is 0 Å². The highest BCUT2D eigenvalue weighted by molar-refractivity contribution is 5.44. The predicted octanol–water partition coefficient (Wildman–Crippen LogP) is 1.07. The Kier molecular flexibility index (Phi) is 2.68. The van der Waals surface area contributed by atoms with E-state index in [-0.39, 0.29) is 5.69 Å². The summed E-state index contributed by atoms with van der Waals surface area (Å²) in [5.41, 5.74) is 11.0.